The van der Waals surface area contributed by atoms with E-state index in [9.17, 15) is 0 Å². The first-order valence-corrected chi connectivity index (χ1v) is 7.64. The van der Waals surface area contributed by atoms with Crippen LogP contribution in [0.1, 0.15) is 57.8 Å². The van der Waals surface area contributed by atoms with Crippen molar-refractivity contribution in [1.82, 2.24) is 9.97 Å². The molecule has 1 aromatic rings. The van der Waals surface area contributed by atoms with Gasteiger partial charge in [0, 0.05) is 12.2 Å². The molecule has 0 saturated heterocycles. The second kappa shape index (κ2) is 7.53. The largest absolute Gasteiger partial charge is 0.388 e. The minimum Gasteiger partial charge on any atom is -0.388 e. The van der Waals surface area contributed by atoms with E-state index >= 15 is 0 Å². The van der Waals surface area contributed by atoms with Crippen LogP contribution in [0.2, 0.25) is 0 Å². The lowest BCUT2D eigenvalue weighted by Gasteiger charge is -2.25. The number of anilines is 1. The Kier molecular flexibility index (Phi) is 6.33. The molecule has 0 aliphatic carbocycles. The predicted octanol–water partition coefficient (Wildman–Crippen LogP) is 3.44. The van der Waals surface area contributed by atoms with Crippen molar-refractivity contribution >= 4 is 23.2 Å². The fourth-order valence-electron chi connectivity index (χ4n) is 2.03. The van der Waals surface area contributed by atoms with Gasteiger partial charge in [0.2, 0.25) is 5.95 Å². The van der Waals surface area contributed by atoms with Gasteiger partial charge in [0.1, 0.15) is 10.7 Å². The van der Waals surface area contributed by atoms with Gasteiger partial charge in [0.05, 0.1) is 0 Å². The zero-order valence-electron chi connectivity index (χ0n) is 13.0. The summed E-state index contributed by atoms with van der Waals surface area (Å²) >= 11 is 4.97. The van der Waals surface area contributed by atoms with Gasteiger partial charge in [-0.1, -0.05) is 52.3 Å². The van der Waals surface area contributed by atoms with E-state index in [2.05, 4.69) is 36.1 Å². The summed E-state index contributed by atoms with van der Waals surface area (Å²) in [5.41, 5.74) is 7.35. The summed E-state index contributed by atoms with van der Waals surface area (Å²) in [7, 11) is 0. The Hall–Kier alpha value is -1.23. The summed E-state index contributed by atoms with van der Waals surface area (Å²) in [5.74, 6) is 0.608. The van der Waals surface area contributed by atoms with Crippen molar-refractivity contribution in [2.45, 2.75) is 53.4 Å². The minimum atomic E-state index is 0.228. The number of aryl methyl sites for hydroxylation is 1. The van der Waals surface area contributed by atoms with Crippen LogP contribution in [-0.2, 0) is 0 Å². The molecule has 0 unspecified atom stereocenters. The highest BCUT2D eigenvalue weighted by Gasteiger charge is 2.17. The monoisotopic (exact) mass is 294 g/mol. The normalized spacial score (nSPS) is 11.4. The van der Waals surface area contributed by atoms with E-state index < -0.39 is 0 Å². The fraction of sp³-hybridized carbons (Fsp3) is 0.667. The van der Waals surface area contributed by atoms with Crippen LogP contribution in [0.15, 0.2) is 6.07 Å². The van der Waals surface area contributed by atoms with Crippen LogP contribution in [0.4, 0.5) is 5.95 Å². The highest BCUT2D eigenvalue weighted by atomic mass is 32.1. The first-order chi connectivity index (χ1) is 9.34. The molecule has 1 rings (SSSR count). The van der Waals surface area contributed by atoms with E-state index in [1.165, 1.54) is 25.7 Å². The van der Waals surface area contributed by atoms with E-state index in [0.29, 0.717) is 16.6 Å². The average molecular weight is 294 g/mol. The molecule has 0 saturated carbocycles. The molecule has 0 aliphatic heterocycles. The number of unbranched alkanes of at least 4 members (excludes halogenated alkanes) is 2. The van der Waals surface area contributed by atoms with Gasteiger partial charge in [-0.3, -0.25) is 0 Å². The number of rotatable bonds is 8. The van der Waals surface area contributed by atoms with E-state index in [-0.39, 0.29) is 5.41 Å². The molecule has 1 aromatic heterocycles. The smallest absolute Gasteiger partial charge is 0.223 e. The summed E-state index contributed by atoms with van der Waals surface area (Å²) in [6.45, 7) is 9.51. The molecule has 5 heteroatoms. The molecular formula is C15H26N4S. The minimum absolute atomic E-state index is 0.228. The summed E-state index contributed by atoms with van der Waals surface area (Å²) in [4.78, 5) is 9.03. The van der Waals surface area contributed by atoms with Crippen molar-refractivity contribution in [3.05, 3.63) is 17.5 Å². The standard InChI is InChI=1S/C15H26N4S/c1-5-6-7-8-15(3,4)10-17-14-18-11(2)9-12(19-14)13(16)20/h9H,5-8,10H2,1-4H3,(H2,16,20)(H,17,18,19). The number of nitrogens with one attached hydrogen (secondary N) is 1. The maximum atomic E-state index is 5.63. The first-order valence-electron chi connectivity index (χ1n) is 7.23. The molecule has 112 valence electrons. The molecule has 0 amide bonds. The second-order valence-electron chi connectivity index (χ2n) is 6.06. The summed E-state index contributed by atoms with van der Waals surface area (Å²) in [6.07, 6.45) is 5.00. The lowest BCUT2D eigenvalue weighted by molar-refractivity contribution is 0.342. The summed E-state index contributed by atoms with van der Waals surface area (Å²) < 4.78 is 0. The van der Waals surface area contributed by atoms with Crippen LogP contribution in [0.5, 0.6) is 0 Å². The Morgan fingerprint density at radius 2 is 2.05 bits per heavy atom. The Morgan fingerprint density at radius 3 is 2.65 bits per heavy atom. The number of hydrogen-bond acceptors (Lipinski definition) is 4. The van der Waals surface area contributed by atoms with Crippen LogP contribution in [0.25, 0.3) is 0 Å². The molecule has 0 bridgehead atoms. The lowest BCUT2D eigenvalue weighted by Crippen LogP contribution is -2.24. The summed E-state index contributed by atoms with van der Waals surface area (Å²) in [6, 6.07) is 1.81. The maximum Gasteiger partial charge on any atom is 0.223 e. The maximum absolute atomic E-state index is 5.63. The third-order valence-corrected chi connectivity index (χ3v) is 3.50. The van der Waals surface area contributed by atoms with Crippen molar-refractivity contribution in [2.24, 2.45) is 11.1 Å². The van der Waals surface area contributed by atoms with Gasteiger partial charge in [0.25, 0.3) is 0 Å². The Labute approximate surface area is 127 Å². The van der Waals surface area contributed by atoms with Crippen molar-refractivity contribution in [1.29, 1.82) is 0 Å². The molecule has 0 aliphatic rings. The van der Waals surface area contributed by atoms with Crippen LogP contribution in [0.3, 0.4) is 0 Å². The fourth-order valence-corrected chi connectivity index (χ4v) is 2.14. The van der Waals surface area contributed by atoms with Crippen molar-refractivity contribution < 1.29 is 0 Å². The lowest BCUT2D eigenvalue weighted by atomic mass is 9.87. The van der Waals surface area contributed by atoms with E-state index in [1.54, 1.807) is 6.07 Å². The van der Waals surface area contributed by atoms with Gasteiger partial charge in [-0.2, -0.15) is 0 Å². The number of thiocarbonyl (C=S) groups is 1. The van der Waals surface area contributed by atoms with Crippen molar-refractivity contribution in [3.8, 4) is 0 Å². The van der Waals surface area contributed by atoms with Crippen molar-refractivity contribution in [3.63, 3.8) is 0 Å². The highest BCUT2D eigenvalue weighted by molar-refractivity contribution is 7.80. The number of hydrogen-bond donors (Lipinski definition) is 2. The molecule has 0 spiro atoms. The number of nitrogens with two attached hydrogens (primary N) is 1. The van der Waals surface area contributed by atoms with Gasteiger partial charge in [-0.25, -0.2) is 9.97 Å². The number of aromatic nitrogens is 2. The molecule has 3 N–H and O–H groups in total. The molecule has 0 fully saturated rings. The van der Waals surface area contributed by atoms with Crippen molar-refractivity contribution in [2.75, 3.05) is 11.9 Å². The Morgan fingerprint density at radius 1 is 1.35 bits per heavy atom. The van der Waals surface area contributed by atoms with Crippen LogP contribution in [0, 0.1) is 12.3 Å². The number of nitrogens with zero attached hydrogens (tertiary/aromatic N) is 2. The SMILES string of the molecule is CCCCCC(C)(C)CNc1nc(C)cc(C(N)=S)n1. The molecule has 0 atom stereocenters. The van der Waals surface area contributed by atoms with Crippen LogP contribution >= 0.6 is 12.2 Å². The second-order valence-corrected chi connectivity index (χ2v) is 6.50. The van der Waals surface area contributed by atoms with Gasteiger partial charge >= 0.3 is 0 Å². The van der Waals surface area contributed by atoms with Gasteiger partial charge < -0.3 is 11.1 Å². The third-order valence-electron chi connectivity index (χ3n) is 3.29. The van der Waals surface area contributed by atoms with E-state index in [0.717, 1.165) is 12.2 Å². The molecule has 1 heterocycles. The Bertz CT molecular complexity index is 457. The first kappa shape index (κ1) is 16.8. The van der Waals surface area contributed by atoms with Gasteiger partial charge in [-0.15, -0.1) is 0 Å². The molecule has 0 aromatic carbocycles. The zero-order valence-corrected chi connectivity index (χ0v) is 13.8. The molecular weight excluding hydrogens is 268 g/mol. The van der Waals surface area contributed by atoms with Crippen LogP contribution in [-0.4, -0.2) is 21.5 Å². The Balaban J connectivity index is 2.62. The molecule has 20 heavy (non-hydrogen) atoms. The molecule has 0 radical (unpaired) electrons. The molecule has 4 nitrogen and oxygen atoms in total. The highest BCUT2D eigenvalue weighted by Crippen LogP contribution is 2.23. The predicted molar refractivity (Wildman–Crippen MR) is 89.1 cm³/mol. The van der Waals surface area contributed by atoms with Crippen LogP contribution < -0.4 is 11.1 Å². The van der Waals surface area contributed by atoms with E-state index in [1.807, 2.05) is 6.92 Å². The van der Waals surface area contributed by atoms with Gasteiger partial charge in [-0.05, 0) is 24.8 Å². The topological polar surface area (TPSA) is 63.8 Å². The average Bonchev–Trinajstić information content (AvgIpc) is 2.36. The zero-order chi connectivity index (χ0) is 15.2. The third kappa shape index (κ3) is 5.82. The summed E-state index contributed by atoms with van der Waals surface area (Å²) in [5, 5.41) is 3.31. The van der Waals surface area contributed by atoms with E-state index in [4.69, 9.17) is 18.0 Å². The van der Waals surface area contributed by atoms with Gasteiger partial charge in [0.15, 0.2) is 0 Å². The quantitative estimate of drug-likeness (QED) is 0.568.